The Morgan fingerprint density at radius 2 is 1.97 bits per heavy atom. The van der Waals surface area contributed by atoms with Crippen LogP contribution in [0.2, 0.25) is 0 Å². The maximum Gasteiger partial charge on any atom is 0.255 e. The van der Waals surface area contributed by atoms with Crippen LogP contribution in [0, 0.1) is 0 Å². The number of methoxy groups -OCH3 is 1. The smallest absolute Gasteiger partial charge is 0.255 e. The number of hydrogen-bond donors (Lipinski definition) is 2. The van der Waals surface area contributed by atoms with Crippen LogP contribution in [0.25, 0.3) is 22.6 Å². The molecule has 1 fully saturated rings. The quantitative estimate of drug-likeness (QED) is 0.509. The molecule has 7 nitrogen and oxygen atoms in total. The van der Waals surface area contributed by atoms with E-state index in [-0.39, 0.29) is 11.9 Å². The Bertz CT molecular complexity index is 1160. The number of nitrogens with zero attached hydrogens (tertiary/aromatic N) is 3. The van der Waals surface area contributed by atoms with Gasteiger partial charge in [0.05, 0.1) is 24.6 Å². The average Bonchev–Trinajstić information content (AvgIpc) is 3.49. The van der Waals surface area contributed by atoms with Crippen molar-refractivity contribution in [2.45, 2.75) is 37.8 Å². The number of nitrogens with one attached hydrogen (secondary N) is 2. The number of aromatic amines is 1. The summed E-state index contributed by atoms with van der Waals surface area (Å²) in [6.45, 7) is 0. The van der Waals surface area contributed by atoms with Crippen molar-refractivity contribution in [3.05, 3.63) is 66.6 Å². The van der Waals surface area contributed by atoms with Crippen LogP contribution in [-0.4, -0.2) is 38.8 Å². The molecule has 1 aliphatic carbocycles. The minimum Gasteiger partial charge on any atom is -0.497 e. The molecule has 2 aliphatic heterocycles. The third-order valence-electron chi connectivity index (χ3n) is 6.14. The topological polar surface area (TPSA) is 84.8 Å². The van der Waals surface area contributed by atoms with Gasteiger partial charge in [0, 0.05) is 35.6 Å². The molecule has 1 saturated carbocycles. The van der Waals surface area contributed by atoms with E-state index in [9.17, 15) is 4.79 Å². The molecule has 7 heteroatoms. The molecule has 0 bridgehead atoms. The zero-order valence-corrected chi connectivity index (χ0v) is 17.4. The Hall–Kier alpha value is -3.61. The summed E-state index contributed by atoms with van der Waals surface area (Å²) in [6.07, 6.45) is 9.46. The fourth-order valence-corrected chi connectivity index (χ4v) is 4.51. The zero-order valence-electron chi connectivity index (χ0n) is 17.4. The molecule has 1 aromatic carbocycles. The molecule has 158 valence electrons. The van der Waals surface area contributed by atoms with E-state index in [0.717, 1.165) is 42.8 Å². The van der Waals surface area contributed by atoms with Gasteiger partial charge in [-0.25, -0.2) is 4.98 Å². The second kappa shape index (κ2) is 8.26. The molecule has 1 amide bonds. The molecule has 1 aromatic heterocycles. The molecule has 2 N–H and O–H groups in total. The number of hydrogen-bond acceptors (Lipinski definition) is 4. The normalized spacial score (nSPS) is 18.7. The summed E-state index contributed by atoms with van der Waals surface area (Å²) in [5.41, 5.74) is 3.30. The second-order valence-corrected chi connectivity index (χ2v) is 8.01. The van der Waals surface area contributed by atoms with Gasteiger partial charge in [0.25, 0.3) is 5.91 Å². The van der Waals surface area contributed by atoms with Crippen molar-refractivity contribution in [3.63, 3.8) is 0 Å². The van der Waals surface area contributed by atoms with E-state index < -0.39 is 0 Å². The first kappa shape index (κ1) is 19.4. The number of fused-ring (bicyclic) bond motifs is 1. The van der Waals surface area contributed by atoms with Crippen LogP contribution in [-0.2, 0) is 0 Å². The first-order chi connectivity index (χ1) is 15.2. The van der Waals surface area contributed by atoms with E-state index in [4.69, 9.17) is 4.74 Å². The maximum absolute atomic E-state index is 13.0. The summed E-state index contributed by atoms with van der Waals surface area (Å²) < 4.78 is 7.58. The minimum atomic E-state index is -0.0949. The Morgan fingerprint density at radius 3 is 2.81 bits per heavy atom. The lowest BCUT2D eigenvalue weighted by Gasteiger charge is -2.31. The molecule has 0 radical (unpaired) electrons. The van der Waals surface area contributed by atoms with Gasteiger partial charge < -0.3 is 14.6 Å². The Balaban J connectivity index is 1.25. The molecule has 2 aromatic rings. The van der Waals surface area contributed by atoms with Crippen LogP contribution < -0.4 is 10.1 Å². The van der Waals surface area contributed by atoms with Gasteiger partial charge in [0.1, 0.15) is 11.6 Å². The predicted octanol–water partition coefficient (Wildman–Crippen LogP) is 4.30. The van der Waals surface area contributed by atoms with E-state index in [0.29, 0.717) is 17.3 Å². The van der Waals surface area contributed by atoms with Crippen molar-refractivity contribution in [2.24, 2.45) is 0 Å². The number of amides is 1. The molecule has 0 saturated heterocycles. The van der Waals surface area contributed by atoms with Crippen molar-refractivity contribution in [1.29, 1.82) is 0 Å². The SMILES string of the molecule is COc1cccc(-c2[nH]ncc2C(=O)NC2CCC(n3cccc4ccnc3-4)CC2)c1. The molecular weight excluding hydrogens is 390 g/mol. The second-order valence-electron chi connectivity index (χ2n) is 8.01. The fourth-order valence-electron chi connectivity index (χ4n) is 4.51. The zero-order chi connectivity index (χ0) is 21.2. The highest BCUT2D eigenvalue weighted by molar-refractivity contribution is 6.00. The standard InChI is InChI=1S/C24H25N5O2/c1-31-20-6-2-4-17(14-20)22-21(15-26-28-22)24(30)27-18-7-9-19(10-8-18)29-13-3-5-16-11-12-25-23(16)29/h2-6,11-15,18-19H,7-10H2,1H3,(H,26,28)(H,27,30). The van der Waals surface area contributed by atoms with Gasteiger partial charge in [-0.2, -0.15) is 5.10 Å². The third-order valence-corrected chi connectivity index (χ3v) is 6.14. The van der Waals surface area contributed by atoms with Gasteiger partial charge in [-0.1, -0.05) is 12.1 Å². The lowest BCUT2D eigenvalue weighted by molar-refractivity contribution is 0.0923. The Labute approximate surface area is 180 Å². The summed E-state index contributed by atoms with van der Waals surface area (Å²) in [5, 5.41) is 10.3. The number of benzene rings is 1. The Morgan fingerprint density at radius 1 is 1.13 bits per heavy atom. The third kappa shape index (κ3) is 3.79. The van der Waals surface area contributed by atoms with Crippen LogP contribution in [0.15, 0.2) is 61.1 Å². The number of carbonyl (C=O) groups excluding carboxylic acids is 1. The van der Waals surface area contributed by atoms with Gasteiger partial charge in [-0.3, -0.25) is 9.89 Å². The van der Waals surface area contributed by atoms with Crippen molar-refractivity contribution in [3.8, 4) is 28.4 Å². The van der Waals surface area contributed by atoms with Crippen LogP contribution in [0.1, 0.15) is 42.1 Å². The van der Waals surface area contributed by atoms with Crippen LogP contribution in [0.3, 0.4) is 0 Å². The maximum atomic E-state index is 13.0. The highest BCUT2D eigenvalue weighted by Crippen LogP contribution is 2.33. The van der Waals surface area contributed by atoms with Crippen molar-refractivity contribution >= 4 is 5.91 Å². The molecule has 31 heavy (non-hydrogen) atoms. The molecule has 3 heterocycles. The van der Waals surface area contributed by atoms with Gasteiger partial charge >= 0.3 is 0 Å². The van der Waals surface area contributed by atoms with Gasteiger partial charge in [0.2, 0.25) is 0 Å². The molecule has 0 spiro atoms. The fraction of sp³-hybridized carbons (Fsp3) is 0.292. The summed E-state index contributed by atoms with van der Waals surface area (Å²) >= 11 is 0. The molecule has 0 atom stereocenters. The number of carbonyl (C=O) groups is 1. The monoisotopic (exact) mass is 415 g/mol. The van der Waals surface area contributed by atoms with E-state index >= 15 is 0 Å². The van der Waals surface area contributed by atoms with Gasteiger partial charge in [0.15, 0.2) is 0 Å². The lowest BCUT2D eigenvalue weighted by atomic mass is 9.90. The number of ether oxygens (including phenoxy) is 1. The number of pyridine rings is 1. The molecule has 3 aliphatic rings. The van der Waals surface area contributed by atoms with Crippen molar-refractivity contribution in [2.75, 3.05) is 7.11 Å². The van der Waals surface area contributed by atoms with Crippen LogP contribution >= 0.6 is 0 Å². The van der Waals surface area contributed by atoms with Crippen LogP contribution in [0.4, 0.5) is 0 Å². The first-order valence-electron chi connectivity index (χ1n) is 10.6. The van der Waals surface area contributed by atoms with E-state index in [1.165, 1.54) is 5.56 Å². The van der Waals surface area contributed by atoms with Gasteiger partial charge in [-0.15, -0.1) is 0 Å². The summed E-state index contributed by atoms with van der Waals surface area (Å²) in [6, 6.07) is 14.4. The largest absolute Gasteiger partial charge is 0.497 e. The highest BCUT2D eigenvalue weighted by Gasteiger charge is 2.26. The van der Waals surface area contributed by atoms with E-state index in [1.807, 2.05) is 36.5 Å². The van der Waals surface area contributed by atoms with Crippen molar-refractivity contribution < 1.29 is 9.53 Å². The van der Waals surface area contributed by atoms with E-state index in [1.54, 1.807) is 13.3 Å². The average molecular weight is 415 g/mol. The van der Waals surface area contributed by atoms with E-state index in [2.05, 4.69) is 43.4 Å². The minimum absolute atomic E-state index is 0.0949. The number of aromatic nitrogens is 4. The predicted molar refractivity (Wildman–Crippen MR) is 118 cm³/mol. The Kier molecular flexibility index (Phi) is 5.16. The summed E-state index contributed by atoms with van der Waals surface area (Å²) in [4.78, 5) is 17.5. The first-order valence-corrected chi connectivity index (χ1v) is 10.6. The molecule has 5 rings (SSSR count). The van der Waals surface area contributed by atoms with Crippen LogP contribution in [0.5, 0.6) is 5.75 Å². The highest BCUT2D eigenvalue weighted by atomic mass is 16.5. The summed E-state index contributed by atoms with van der Waals surface area (Å²) in [7, 11) is 1.63. The molecular formula is C24H25N5O2. The number of H-pyrrole nitrogens is 1. The van der Waals surface area contributed by atoms with Gasteiger partial charge in [-0.05, 0) is 56.0 Å². The lowest BCUT2D eigenvalue weighted by Crippen LogP contribution is -2.38. The van der Waals surface area contributed by atoms with Crippen molar-refractivity contribution in [1.82, 2.24) is 25.1 Å². The number of rotatable bonds is 5. The molecule has 0 unspecified atom stereocenters. The summed E-state index contributed by atoms with van der Waals surface area (Å²) in [5.74, 6) is 1.68.